The lowest BCUT2D eigenvalue weighted by Gasteiger charge is -2.70. The van der Waals surface area contributed by atoms with Crippen LogP contribution in [0.15, 0.2) is 24.3 Å². The molecule has 7 heteroatoms. The molecule has 2 N–H and O–H groups in total. The first-order valence-corrected chi connectivity index (χ1v) is 9.34. The van der Waals surface area contributed by atoms with Gasteiger partial charge in [-0.25, -0.2) is 0 Å². The number of halogens is 1. The summed E-state index contributed by atoms with van der Waals surface area (Å²) in [5.74, 6) is 0.615. The van der Waals surface area contributed by atoms with Crippen molar-refractivity contribution in [2.75, 3.05) is 20.7 Å². The van der Waals surface area contributed by atoms with Crippen LogP contribution in [-0.2, 0) is 9.59 Å². The van der Waals surface area contributed by atoms with Crippen LogP contribution in [0.3, 0.4) is 0 Å². The molecule has 1 aromatic carbocycles. The molecular weight excluding hydrogens is 354 g/mol. The third-order valence-corrected chi connectivity index (χ3v) is 6.25. The highest BCUT2D eigenvalue weighted by molar-refractivity contribution is 6.30. The van der Waals surface area contributed by atoms with Gasteiger partial charge in [0.05, 0.1) is 5.54 Å². The zero-order valence-corrected chi connectivity index (χ0v) is 15.9. The van der Waals surface area contributed by atoms with Gasteiger partial charge in [-0.05, 0) is 70.5 Å². The molecule has 140 valence electrons. The van der Waals surface area contributed by atoms with Gasteiger partial charge in [0.25, 0.3) is 5.91 Å². The molecule has 0 aliphatic heterocycles. The van der Waals surface area contributed by atoms with E-state index in [0.29, 0.717) is 10.8 Å². The van der Waals surface area contributed by atoms with E-state index in [4.69, 9.17) is 16.3 Å². The van der Waals surface area contributed by atoms with Crippen LogP contribution in [0.5, 0.6) is 5.75 Å². The number of rotatable bonds is 7. The van der Waals surface area contributed by atoms with Crippen molar-refractivity contribution in [1.29, 1.82) is 0 Å². The van der Waals surface area contributed by atoms with Crippen LogP contribution in [0.2, 0.25) is 5.02 Å². The second-order valence-electron chi connectivity index (χ2n) is 8.26. The highest BCUT2D eigenvalue weighted by Crippen LogP contribution is 2.60. The Bertz CT molecular complexity index is 723. The average molecular weight is 378 g/mol. The quantitative estimate of drug-likeness (QED) is 0.759. The maximum atomic E-state index is 12.5. The van der Waals surface area contributed by atoms with E-state index >= 15 is 0 Å². The number of hydrogen-bond acceptors (Lipinski definition) is 4. The van der Waals surface area contributed by atoms with Crippen LogP contribution in [0, 0.1) is 0 Å². The average Bonchev–Trinajstić information content (AvgIpc) is 3.33. The summed E-state index contributed by atoms with van der Waals surface area (Å²) in [7, 11) is 3.91. The predicted octanol–water partition coefficient (Wildman–Crippen LogP) is 1.72. The predicted molar refractivity (Wildman–Crippen MR) is 98.2 cm³/mol. The summed E-state index contributed by atoms with van der Waals surface area (Å²) in [6.07, 6.45) is 4.27. The van der Waals surface area contributed by atoms with Gasteiger partial charge in [-0.3, -0.25) is 14.5 Å². The van der Waals surface area contributed by atoms with Crippen LogP contribution in [0.25, 0.3) is 0 Å². The summed E-state index contributed by atoms with van der Waals surface area (Å²) < 4.78 is 5.48. The first-order valence-electron chi connectivity index (χ1n) is 8.96. The molecule has 2 amide bonds. The Morgan fingerprint density at radius 3 is 2.19 bits per heavy atom. The smallest absolute Gasteiger partial charge is 0.258 e. The third kappa shape index (κ3) is 2.95. The lowest BCUT2D eigenvalue weighted by Crippen LogP contribution is -2.84. The Hall–Kier alpha value is -1.79. The molecule has 0 saturated heterocycles. The maximum Gasteiger partial charge on any atom is 0.258 e. The molecule has 1 aromatic rings. The summed E-state index contributed by atoms with van der Waals surface area (Å²) in [5.41, 5.74) is -0.589. The molecule has 0 spiro atoms. The van der Waals surface area contributed by atoms with Gasteiger partial charge in [-0.2, -0.15) is 0 Å². The minimum Gasteiger partial charge on any atom is -0.484 e. The summed E-state index contributed by atoms with van der Waals surface area (Å²) in [5, 5.41) is 6.92. The summed E-state index contributed by atoms with van der Waals surface area (Å²) in [6, 6.07) is 6.92. The first kappa shape index (κ1) is 17.6. The van der Waals surface area contributed by atoms with Gasteiger partial charge in [0.15, 0.2) is 6.61 Å². The number of carbonyl (C=O) groups is 2. The zero-order chi connectivity index (χ0) is 18.6. The largest absolute Gasteiger partial charge is 0.484 e. The van der Waals surface area contributed by atoms with Gasteiger partial charge >= 0.3 is 0 Å². The topological polar surface area (TPSA) is 70.7 Å². The molecule has 0 atom stereocenters. The molecule has 4 fully saturated rings. The fraction of sp³-hybridized carbons (Fsp3) is 0.579. The van der Waals surface area contributed by atoms with Crippen molar-refractivity contribution < 1.29 is 14.3 Å². The van der Waals surface area contributed by atoms with E-state index in [1.807, 2.05) is 19.0 Å². The number of carbonyl (C=O) groups excluding carboxylic acids is 2. The molecule has 4 saturated carbocycles. The van der Waals surface area contributed by atoms with Crippen molar-refractivity contribution in [2.45, 2.75) is 48.7 Å². The normalized spacial score (nSPS) is 30.0. The molecule has 0 heterocycles. The van der Waals surface area contributed by atoms with Gasteiger partial charge < -0.3 is 15.4 Å². The van der Waals surface area contributed by atoms with E-state index in [0.717, 1.165) is 32.1 Å². The van der Waals surface area contributed by atoms with E-state index < -0.39 is 0 Å². The summed E-state index contributed by atoms with van der Waals surface area (Å²) in [4.78, 5) is 26.7. The van der Waals surface area contributed by atoms with E-state index in [-0.39, 0.29) is 35.0 Å². The standard InChI is InChI=1S/C19H24ClN3O3/c1-23(2)19(7-8-19)16(25)22-18-10-17(11-18,12-18)21-15(24)9-26-14-5-3-13(20)4-6-14/h3-6H,7-12H2,1-2H3,(H,21,24)(H,22,25). The minimum absolute atomic E-state index is 0.0213. The van der Waals surface area contributed by atoms with E-state index in [2.05, 4.69) is 10.6 Å². The Balaban J connectivity index is 1.22. The van der Waals surface area contributed by atoms with Gasteiger partial charge in [-0.15, -0.1) is 0 Å². The summed E-state index contributed by atoms with van der Waals surface area (Å²) in [6.45, 7) is -0.0213. The van der Waals surface area contributed by atoms with Crippen LogP contribution in [0.4, 0.5) is 0 Å². The zero-order valence-electron chi connectivity index (χ0n) is 15.1. The number of hydrogen-bond donors (Lipinski definition) is 2. The SMILES string of the molecule is CN(C)C1(C(=O)NC23CC(NC(=O)COc4ccc(Cl)cc4)(C2)C3)CC1. The fourth-order valence-electron chi connectivity index (χ4n) is 4.42. The van der Waals surface area contributed by atoms with Crippen LogP contribution < -0.4 is 15.4 Å². The third-order valence-electron chi connectivity index (χ3n) is 6.00. The first-order chi connectivity index (χ1) is 12.3. The van der Waals surface area contributed by atoms with Crippen LogP contribution in [0.1, 0.15) is 32.1 Å². The lowest BCUT2D eigenvalue weighted by atomic mass is 9.44. The molecule has 5 rings (SSSR count). The van der Waals surface area contributed by atoms with Crippen molar-refractivity contribution in [3.8, 4) is 5.75 Å². The molecule has 4 aliphatic carbocycles. The summed E-state index contributed by atoms with van der Waals surface area (Å²) >= 11 is 5.82. The molecule has 26 heavy (non-hydrogen) atoms. The Morgan fingerprint density at radius 2 is 1.65 bits per heavy atom. The van der Waals surface area contributed by atoms with Crippen molar-refractivity contribution >= 4 is 23.4 Å². The molecule has 0 aromatic heterocycles. The highest BCUT2D eigenvalue weighted by atomic mass is 35.5. The van der Waals surface area contributed by atoms with Crippen LogP contribution in [-0.4, -0.2) is 54.0 Å². The second kappa shape index (κ2) is 5.86. The van der Waals surface area contributed by atoms with Crippen molar-refractivity contribution in [3.05, 3.63) is 29.3 Å². The lowest BCUT2D eigenvalue weighted by molar-refractivity contribution is -0.153. The minimum atomic E-state index is -0.307. The highest BCUT2D eigenvalue weighted by Gasteiger charge is 2.70. The monoisotopic (exact) mass is 377 g/mol. The molecule has 0 radical (unpaired) electrons. The number of amides is 2. The molecule has 0 unspecified atom stereocenters. The maximum absolute atomic E-state index is 12.5. The molecular formula is C19H24ClN3O3. The van der Waals surface area contributed by atoms with E-state index in [1.54, 1.807) is 24.3 Å². The van der Waals surface area contributed by atoms with Gasteiger partial charge in [0.2, 0.25) is 5.91 Å². The number of nitrogens with zero attached hydrogens (tertiary/aromatic N) is 1. The Kier molecular flexibility index (Phi) is 3.97. The number of ether oxygens (including phenoxy) is 1. The van der Waals surface area contributed by atoms with E-state index in [9.17, 15) is 9.59 Å². The van der Waals surface area contributed by atoms with Gasteiger partial charge in [0, 0.05) is 16.1 Å². The van der Waals surface area contributed by atoms with Crippen LogP contribution >= 0.6 is 11.6 Å². The number of nitrogens with one attached hydrogen (secondary N) is 2. The number of benzene rings is 1. The van der Waals surface area contributed by atoms with Crippen molar-refractivity contribution in [3.63, 3.8) is 0 Å². The van der Waals surface area contributed by atoms with Gasteiger partial charge in [0.1, 0.15) is 5.75 Å². The fourth-order valence-corrected chi connectivity index (χ4v) is 4.54. The molecule has 4 aliphatic rings. The van der Waals surface area contributed by atoms with E-state index in [1.165, 1.54) is 0 Å². The van der Waals surface area contributed by atoms with Crippen molar-refractivity contribution in [2.24, 2.45) is 0 Å². The Morgan fingerprint density at radius 1 is 1.08 bits per heavy atom. The second-order valence-corrected chi connectivity index (χ2v) is 8.70. The Labute approximate surface area is 158 Å². The van der Waals surface area contributed by atoms with Gasteiger partial charge in [-0.1, -0.05) is 11.6 Å². The molecule has 2 bridgehead atoms. The number of likely N-dealkylation sites (N-methyl/N-ethyl adjacent to an activating group) is 1. The van der Waals surface area contributed by atoms with Crippen molar-refractivity contribution in [1.82, 2.24) is 15.5 Å². The molecule has 6 nitrogen and oxygen atoms in total.